The zero-order valence-electron chi connectivity index (χ0n) is 25.4. The Morgan fingerprint density at radius 2 is 1.85 bits per heavy atom. The lowest BCUT2D eigenvalue weighted by Crippen LogP contribution is -2.27. The number of pyridine rings is 1. The first-order valence-corrected chi connectivity index (χ1v) is 15.3. The predicted octanol–water partition coefficient (Wildman–Crippen LogP) is 5.60. The first kappa shape index (κ1) is 32.6. The van der Waals surface area contributed by atoms with E-state index in [-0.39, 0.29) is 40.2 Å². The van der Waals surface area contributed by atoms with Crippen LogP contribution in [0.2, 0.25) is 5.02 Å². The van der Waals surface area contributed by atoms with Gasteiger partial charge in [0.25, 0.3) is 5.56 Å². The maximum Gasteiger partial charge on any atom is 0.436 e. The highest BCUT2D eigenvalue weighted by molar-refractivity contribution is 6.31. The molecule has 2 bridgehead atoms. The van der Waals surface area contributed by atoms with Gasteiger partial charge in [-0.2, -0.15) is 13.2 Å². The Kier molecular flexibility index (Phi) is 8.84. The fourth-order valence-corrected chi connectivity index (χ4v) is 5.88. The maximum atomic E-state index is 13.8. The summed E-state index contributed by atoms with van der Waals surface area (Å²) in [5.41, 5.74) is 7.61. The quantitative estimate of drug-likeness (QED) is 0.246. The van der Waals surface area contributed by atoms with Crippen molar-refractivity contribution in [2.75, 3.05) is 5.32 Å². The highest BCUT2D eigenvalue weighted by atomic mass is 35.5. The van der Waals surface area contributed by atoms with Crippen molar-refractivity contribution in [1.82, 2.24) is 29.5 Å². The largest absolute Gasteiger partial charge is 0.436 e. The van der Waals surface area contributed by atoms with Gasteiger partial charge in [-0.3, -0.25) is 23.9 Å². The van der Waals surface area contributed by atoms with Gasteiger partial charge in [-0.05, 0) is 60.4 Å². The van der Waals surface area contributed by atoms with Gasteiger partial charge >= 0.3 is 6.18 Å². The number of hydrogen-bond donors (Lipinski definition) is 2. The van der Waals surface area contributed by atoms with Crippen molar-refractivity contribution in [2.24, 2.45) is 11.7 Å². The van der Waals surface area contributed by atoms with E-state index >= 15 is 0 Å². The van der Waals surface area contributed by atoms with Crippen molar-refractivity contribution in [3.8, 4) is 28.1 Å². The third-order valence-electron chi connectivity index (χ3n) is 8.15. The lowest BCUT2D eigenvalue weighted by Gasteiger charge is -2.23. The van der Waals surface area contributed by atoms with Gasteiger partial charge < -0.3 is 11.1 Å². The number of aromatic nitrogens is 6. The summed E-state index contributed by atoms with van der Waals surface area (Å²) in [4.78, 5) is 47.7. The lowest BCUT2D eigenvalue weighted by molar-refractivity contribution is -0.141. The van der Waals surface area contributed by atoms with Crippen LogP contribution in [0, 0.1) is 5.92 Å². The molecule has 0 saturated heterocycles. The van der Waals surface area contributed by atoms with E-state index in [1.807, 2.05) is 13.0 Å². The topological polar surface area (TPSA) is 151 Å². The van der Waals surface area contributed by atoms with Crippen LogP contribution in [0.25, 0.3) is 28.1 Å². The molecule has 0 unspecified atom stereocenters. The summed E-state index contributed by atoms with van der Waals surface area (Å²) in [5.74, 6) is -1.05. The molecule has 3 aromatic heterocycles. The number of hydrogen-bond acceptors (Lipinski definition) is 7. The molecule has 5 aromatic rings. The molecule has 15 heteroatoms. The first-order valence-electron chi connectivity index (χ1n) is 14.9. The summed E-state index contributed by atoms with van der Waals surface area (Å²) in [7, 11) is 0. The van der Waals surface area contributed by atoms with E-state index in [0.717, 1.165) is 16.4 Å². The molecule has 246 valence electrons. The number of fused-ring (bicyclic) bond motifs is 4. The Bertz CT molecular complexity index is 2100. The monoisotopic (exact) mass is 676 g/mol. The normalized spacial score (nSPS) is 16.7. The third-order valence-corrected chi connectivity index (χ3v) is 8.39. The van der Waals surface area contributed by atoms with E-state index in [1.54, 1.807) is 30.5 Å². The number of halogens is 4. The summed E-state index contributed by atoms with van der Waals surface area (Å²) < 4.78 is 42.1. The van der Waals surface area contributed by atoms with Crippen molar-refractivity contribution in [3.05, 3.63) is 106 Å². The smallest absolute Gasteiger partial charge is 0.369 e. The fourth-order valence-electron chi connectivity index (χ4n) is 5.71. The van der Waals surface area contributed by atoms with Gasteiger partial charge in [0.05, 0.1) is 42.1 Å². The van der Waals surface area contributed by atoms with Gasteiger partial charge in [-0.15, -0.1) is 5.10 Å². The van der Waals surface area contributed by atoms with E-state index in [0.29, 0.717) is 41.8 Å². The fraction of sp³-hybridized carbons (Fsp3) is 0.242. The van der Waals surface area contributed by atoms with E-state index in [4.69, 9.17) is 17.3 Å². The van der Waals surface area contributed by atoms with E-state index in [1.165, 1.54) is 35.2 Å². The standard InChI is InChI=1S/C33H28ClF3N8O3/c1-18-3-2-4-28(26-13-20(9-10-39-26)22-7-5-19(12-30(38)46)11-25(22)41-32(18)48)44-17-40-24(15-31(44)47)23-14-21(34)6-8-27(23)45-16-29(42-43-45)33(35,36)37/h5-11,13-18,28H,2-4,12H2,1H3,(H2,38,46)(H,41,48)/t18-,28+/m1/s1. The summed E-state index contributed by atoms with van der Waals surface area (Å²) >= 11 is 6.24. The van der Waals surface area contributed by atoms with Crippen molar-refractivity contribution in [3.63, 3.8) is 0 Å². The molecule has 0 fully saturated rings. The number of primary amides is 1. The molecule has 2 aromatic carbocycles. The number of carbonyl (C=O) groups is 2. The predicted molar refractivity (Wildman–Crippen MR) is 171 cm³/mol. The molecule has 1 aliphatic rings. The molecular weight excluding hydrogens is 649 g/mol. The summed E-state index contributed by atoms with van der Waals surface area (Å²) in [6, 6.07) is 14.1. The number of carbonyl (C=O) groups excluding carboxylic acids is 2. The Hall–Kier alpha value is -5.37. The first-order chi connectivity index (χ1) is 22.9. The number of alkyl halides is 3. The Balaban J connectivity index is 1.41. The molecule has 48 heavy (non-hydrogen) atoms. The van der Waals surface area contributed by atoms with Crippen molar-refractivity contribution in [1.29, 1.82) is 0 Å². The number of amides is 2. The minimum Gasteiger partial charge on any atom is -0.369 e. The Labute approximate surface area is 276 Å². The number of rotatable bonds is 5. The molecule has 1 aliphatic heterocycles. The maximum absolute atomic E-state index is 13.8. The van der Waals surface area contributed by atoms with Crippen LogP contribution in [0.1, 0.15) is 49.2 Å². The average molecular weight is 677 g/mol. The van der Waals surface area contributed by atoms with Crippen LogP contribution in [0.5, 0.6) is 0 Å². The van der Waals surface area contributed by atoms with Crippen LogP contribution in [0.4, 0.5) is 18.9 Å². The second-order valence-electron chi connectivity index (χ2n) is 11.6. The van der Waals surface area contributed by atoms with Crippen molar-refractivity contribution < 1.29 is 22.8 Å². The minimum atomic E-state index is -4.69. The molecular formula is C33H28ClF3N8O3. The highest BCUT2D eigenvalue weighted by Crippen LogP contribution is 2.35. The Morgan fingerprint density at radius 1 is 1.04 bits per heavy atom. The zero-order valence-corrected chi connectivity index (χ0v) is 26.2. The third kappa shape index (κ3) is 6.83. The summed E-state index contributed by atoms with van der Waals surface area (Å²) in [6.07, 6.45) is 0.598. The molecule has 4 heterocycles. The number of anilines is 1. The SMILES string of the molecule is C[C@@H]1CCC[C@H](n2cnc(-c3cc(Cl)ccc3-n3cc(C(F)(F)F)nn3)cc2=O)c2cc(ccn2)-c2ccc(CC(N)=O)cc2NC1=O. The van der Waals surface area contributed by atoms with Gasteiger partial charge in [-0.1, -0.05) is 42.3 Å². The van der Waals surface area contributed by atoms with Gasteiger partial charge in [0.1, 0.15) is 0 Å². The van der Waals surface area contributed by atoms with Gasteiger partial charge in [0, 0.05) is 40.0 Å². The van der Waals surface area contributed by atoms with E-state index < -0.39 is 29.4 Å². The van der Waals surface area contributed by atoms with E-state index in [2.05, 4.69) is 25.6 Å². The summed E-state index contributed by atoms with van der Waals surface area (Å²) in [6.45, 7) is 1.82. The molecule has 0 saturated carbocycles. The van der Waals surface area contributed by atoms with Crippen molar-refractivity contribution in [2.45, 2.75) is 44.8 Å². The lowest BCUT2D eigenvalue weighted by atomic mass is 9.94. The van der Waals surface area contributed by atoms with Crippen LogP contribution < -0.4 is 16.6 Å². The molecule has 2 amide bonds. The number of benzene rings is 2. The number of nitrogens with one attached hydrogen (secondary N) is 1. The highest BCUT2D eigenvalue weighted by Gasteiger charge is 2.35. The van der Waals surface area contributed by atoms with Crippen LogP contribution in [-0.2, 0) is 22.2 Å². The molecule has 0 aliphatic carbocycles. The second-order valence-corrected chi connectivity index (χ2v) is 12.0. The molecule has 2 atom stereocenters. The van der Waals surface area contributed by atoms with E-state index in [9.17, 15) is 27.6 Å². The molecule has 3 N–H and O–H groups in total. The van der Waals surface area contributed by atoms with Crippen molar-refractivity contribution >= 4 is 29.1 Å². The number of nitrogens with zero attached hydrogens (tertiary/aromatic N) is 6. The Morgan fingerprint density at radius 3 is 2.58 bits per heavy atom. The van der Waals surface area contributed by atoms with Gasteiger partial charge in [0.15, 0.2) is 5.69 Å². The van der Waals surface area contributed by atoms with Crippen LogP contribution in [-0.4, -0.2) is 41.3 Å². The molecule has 0 spiro atoms. The minimum absolute atomic E-state index is 0.0123. The van der Waals surface area contributed by atoms with Gasteiger partial charge in [-0.25, -0.2) is 9.67 Å². The van der Waals surface area contributed by atoms with Crippen LogP contribution in [0.3, 0.4) is 0 Å². The summed E-state index contributed by atoms with van der Waals surface area (Å²) in [5, 5.41) is 10.1. The second kappa shape index (κ2) is 13.0. The molecule has 11 nitrogen and oxygen atoms in total. The zero-order chi connectivity index (χ0) is 34.2. The molecule has 0 radical (unpaired) electrons. The van der Waals surface area contributed by atoms with Crippen LogP contribution in [0.15, 0.2) is 78.1 Å². The molecule has 6 rings (SSSR count). The van der Waals surface area contributed by atoms with Crippen LogP contribution >= 0.6 is 11.6 Å². The average Bonchev–Trinajstić information content (AvgIpc) is 3.54. The van der Waals surface area contributed by atoms with Gasteiger partial charge in [0.2, 0.25) is 11.8 Å². The number of nitrogens with two attached hydrogens (primary N) is 1.